The van der Waals surface area contributed by atoms with E-state index in [1.54, 1.807) is 0 Å². The van der Waals surface area contributed by atoms with E-state index in [2.05, 4.69) is 15.6 Å². The van der Waals surface area contributed by atoms with E-state index in [4.69, 9.17) is 4.42 Å². The van der Waals surface area contributed by atoms with E-state index in [0.29, 0.717) is 17.2 Å². The van der Waals surface area contributed by atoms with E-state index in [-0.39, 0.29) is 36.4 Å². The summed E-state index contributed by atoms with van der Waals surface area (Å²) in [5, 5.41) is 15.4. The quantitative estimate of drug-likeness (QED) is 0.259. The number of unbranched alkanes of at least 4 members (excludes halogenated alkanes) is 1. The van der Waals surface area contributed by atoms with Crippen molar-refractivity contribution in [2.24, 2.45) is 11.8 Å². The summed E-state index contributed by atoms with van der Waals surface area (Å²) < 4.78 is 18.5. The van der Waals surface area contributed by atoms with Crippen LogP contribution in [0.15, 0.2) is 34.9 Å². The molecule has 1 aromatic carbocycles. The molecule has 3 amide bonds. The highest BCUT2D eigenvalue weighted by molar-refractivity contribution is 6.02. The van der Waals surface area contributed by atoms with Crippen molar-refractivity contribution < 1.29 is 28.4 Å². The molecule has 10 heteroatoms. The monoisotopic (exact) mass is 448 g/mol. The summed E-state index contributed by atoms with van der Waals surface area (Å²) in [4.78, 5) is 40.3. The van der Waals surface area contributed by atoms with E-state index in [1.807, 2.05) is 20.8 Å². The maximum Gasteiger partial charge on any atom is 0.277 e. The van der Waals surface area contributed by atoms with Crippen molar-refractivity contribution in [3.63, 3.8) is 0 Å². The number of oxazole rings is 1. The molecule has 2 rings (SSSR count). The standard InChI is InChI=1S/C22H29FN4O5/c1-4-5-6-15(11-27(31)13-28)20(29)26-19(14(2)3)22-25-18(12-32-22)21(30)24-17-9-7-16(23)8-10-17/h7-10,12-15,19,31H,4-6,11H2,1-3H3,(H,24,30)(H,26,29)/t15-,19+/m1/s1. The molecule has 2 aromatic rings. The van der Waals surface area contributed by atoms with E-state index in [0.717, 1.165) is 12.8 Å². The molecule has 1 heterocycles. The van der Waals surface area contributed by atoms with E-state index < -0.39 is 23.7 Å². The lowest BCUT2D eigenvalue weighted by Gasteiger charge is -2.24. The first kappa shape index (κ1) is 25.0. The second-order valence-electron chi connectivity index (χ2n) is 7.83. The first-order valence-electron chi connectivity index (χ1n) is 10.5. The van der Waals surface area contributed by atoms with Gasteiger partial charge in [-0.2, -0.15) is 0 Å². The molecule has 3 N–H and O–H groups in total. The zero-order chi connectivity index (χ0) is 23.7. The minimum absolute atomic E-state index is 0.00856. The number of nitrogens with one attached hydrogen (secondary N) is 2. The molecule has 0 saturated carbocycles. The van der Waals surface area contributed by atoms with Gasteiger partial charge in [-0.1, -0.05) is 33.6 Å². The van der Waals surface area contributed by atoms with Gasteiger partial charge in [0.25, 0.3) is 5.91 Å². The maximum absolute atomic E-state index is 13.0. The third-order valence-electron chi connectivity index (χ3n) is 4.89. The Balaban J connectivity index is 2.11. The van der Waals surface area contributed by atoms with Gasteiger partial charge in [-0.25, -0.2) is 14.4 Å². The molecule has 0 aliphatic rings. The van der Waals surface area contributed by atoms with E-state index in [9.17, 15) is 24.0 Å². The number of anilines is 1. The minimum Gasteiger partial charge on any atom is -0.446 e. The summed E-state index contributed by atoms with van der Waals surface area (Å²) in [5.41, 5.74) is 0.409. The van der Waals surface area contributed by atoms with Gasteiger partial charge in [-0.3, -0.25) is 19.6 Å². The number of benzene rings is 1. The normalized spacial score (nSPS) is 12.8. The highest BCUT2D eigenvalue weighted by Gasteiger charge is 2.28. The molecule has 32 heavy (non-hydrogen) atoms. The Bertz CT molecular complexity index is 900. The van der Waals surface area contributed by atoms with Crippen LogP contribution in [-0.4, -0.2) is 40.0 Å². The SMILES string of the molecule is CCCC[C@H](CN(O)C=O)C(=O)N[C@H](c1nc(C(=O)Nc2ccc(F)cc2)co1)C(C)C. The van der Waals surface area contributed by atoms with Crippen LogP contribution in [0.1, 0.15) is 62.5 Å². The molecule has 1 aromatic heterocycles. The Morgan fingerprint density at radius 2 is 1.97 bits per heavy atom. The Labute approximate surface area is 186 Å². The van der Waals surface area contributed by atoms with Crippen molar-refractivity contribution in [2.45, 2.75) is 46.1 Å². The first-order chi connectivity index (χ1) is 15.2. The summed E-state index contributed by atoms with van der Waals surface area (Å²) in [6.45, 7) is 5.57. The summed E-state index contributed by atoms with van der Waals surface area (Å²) in [6.07, 6.45) is 3.55. The summed E-state index contributed by atoms with van der Waals surface area (Å²) in [7, 11) is 0. The van der Waals surface area contributed by atoms with Crippen LogP contribution in [0.25, 0.3) is 0 Å². The number of hydrogen-bond acceptors (Lipinski definition) is 6. The van der Waals surface area contributed by atoms with Crippen LogP contribution in [0.2, 0.25) is 0 Å². The molecule has 9 nitrogen and oxygen atoms in total. The fraction of sp³-hybridized carbons (Fsp3) is 0.455. The highest BCUT2D eigenvalue weighted by atomic mass is 19.1. The zero-order valence-corrected chi connectivity index (χ0v) is 18.4. The van der Waals surface area contributed by atoms with E-state index >= 15 is 0 Å². The minimum atomic E-state index is -0.623. The zero-order valence-electron chi connectivity index (χ0n) is 18.4. The fourth-order valence-electron chi connectivity index (χ4n) is 3.07. The lowest BCUT2D eigenvalue weighted by Crippen LogP contribution is -2.40. The molecule has 0 aliphatic heterocycles. The molecule has 2 atom stereocenters. The van der Waals surface area contributed by atoms with Gasteiger partial charge in [0, 0.05) is 5.69 Å². The second-order valence-corrected chi connectivity index (χ2v) is 7.83. The summed E-state index contributed by atoms with van der Waals surface area (Å²) in [6, 6.07) is 4.67. The van der Waals surface area contributed by atoms with Crippen LogP contribution in [0, 0.1) is 17.7 Å². The van der Waals surface area contributed by atoms with Crippen LogP contribution in [0.3, 0.4) is 0 Å². The van der Waals surface area contributed by atoms with Gasteiger partial charge in [0.1, 0.15) is 18.1 Å². The molecule has 0 spiro atoms. The van der Waals surface area contributed by atoms with Crippen molar-refractivity contribution in [1.82, 2.24) is 15.4 Å². The van der Waals surface area contributed by atoms with Gasteiger partial charge in [0.2, 0.25) is 18.2 Å². The largest absolute Gasteiger partial charge is 0.446 e. The topological polar surface area (TPSA) is 125 Å². The Hall–Kier alpha value is -3.27. The number of hydrogen-bond donors (Lipinski definition) is 3. The Kier molecular flexibility index (Phi) is 9.33. The second kappa shape index (κ2) is 11.9. The van der Waals surface area contributed by atoms with Gasteiger partial charge in [-0.05, 0) is 36.6 Å². The molecule has 0 saturated heterocycles. The molecule has 174 valence electrons. The lowest BCUT2D eigenvalue weighted by atomic mass is 9.98. The van der Waals surface area contributed by atoms with E-state index in [1.165, 1.54) is 30.5 Å². The number of hydroxylamine groups is 2. The van der Waals surface area contributed by atoms with Crippen LogP contribution in [0.4, 0.5) is 10.1 Å². The highest BCUT2D eigenvalue weighted by Crippen LogP contribution is 2.23. The Morgan fingerprint density at radius 3 is 2.56 bits per heavy atom. The molecule has 0 bridgehead atoms. The van der Waals surface area contributed by atoms with Gasteiger partial charge in [0.15, 0.2) is 5.69 Å². The van der Waals surface area contributed by atoms with Crippen LogP contribution < -0.4 is 10.6 Å². The maximum atomic E-state index is 13.0. The average Bonchev–Trinajstić information content (AvgIpc) is 3.25. The van der Waals surface area contributed by atoms with Gasteiger partial charge in [0.05, 0.1) is 12.5 Å². The van der Waals surface area contributed by atoms with Crippen molar-refractivity contribution in [3.05, 3.63) is 47.9 Å². The number of nitrogens with zero attached hydrogens (tertiary/aromatic N) is 2. The van der Waals surface area contributed by atoms with Crippen molar-refractivity contribution >= 4 is 23.9 Å². The van der Waals surface area contributed by atoms with Crippen LogP contribution >= 0.6 is 0 Å². The van der Waals surface area contributed by atoms with Gasteiger partial charge < -0.3 is 15.1 Å². The van der Waals surface area contributed by atoms with Crippen molar-refractivity contribution in [2.75, 3.05) is 11.9 Å². The predicted molar refractivity (Wildman–Crippen MR) is 114 cm³/mol. The average molecular weight is 448 g/mol. The predicted octanol–water partition coefficient (Wildman–Crippen LogP) is 3.53. The number of carbonyl (C=O) groups is 3. The number of carbonyl (C=O) groups excluding carboxylic acids is 3. The molecule has 0 aliphatic carbocycles. The number of rotatable bonds is 12. The van der Waals surface area contributed by atoms with Gasteiger partial charge in [-0.15, -0.1) is 0 Å². The van der Waals surface area contributed by atoms with Crippen LogP contribution in [-0.2, 0) is 9.59 Å². The fourth-order valence-corrected chi connectivity index (χ4v) is 3.07. The molecule has 0 unspecified atom stereocenters. The molecular weight excluding hydrogens is 419 g/mol. The third-order valence-corrected chi connectivity index (χ3v) is 4.89. The van der Waals surface area contributed by atoms with Crippen molar-refractivity contribution in [1.29, 1.82) is 0 Å². The summed E-state index contributed by atoms with van der Waals surface area (Å²) >= 11 is 0. The number of halogens is 1. The lowest BCUT2D eigenvalue weighted by molar-refractivity contribution is -0.154. The molecule has 0 fully saturated rings. The molecular formula is C22H29FN4O5. The third kappa shape index (κ3) is 7.16. The van der Waals surface area contributed by atoms with Crippen molar-refractivity contribution in [3.8, 4) is 0 Å². The van der Waals surface area contributed by atoms with Crippen LogP contribution in [0.5, 0.6) is 0 Å². The molecule has 0 radical (unpaired) electrons. The first-order valence-corrected chi connectivity index (χ1v) is 10.5. The summed E-state index contributed by atoms with van der Waals surface area (Å²) in [5.74, 6) is -1.88. The number of amides is 3. The Morgan fingerprint density at radius 1 is 1.28 bits per heavy atom. The smallest absolute Gasteiger partial charge is 0.277 e. The van der Waals surface area contributed by atoms with Gasteiger partial charge >= 0.3 is 0 Å². The number of aromatic nitrogens is 1.